The van der Waals surface area contributed by atoms with E-state index in [4.69, 9.17) is 5.73 Å². The molecule has 0 saturated heterocycles. The fraction of sp³-hybridized carbons (Fsp3) is 0.538. The standard InChI is InChI=1S/C13H19FN2/c1-2-16-9-10(4-3-7-15)12-8-11(14)5-6-13(12)16/h5-6,8,10H,2-4,7,9,15H2,1H3. The Morgan fingerprint density at radius 1 is 1.50 bits per heavy atom. The first-order chi connectivity index (χ1) is 7.76. The molecule has 0 spiro atoms. The topological polar surface area (TPSA) is 29.3 Å². The molecule has 2 rings (SSSR count). The summed E-state index contributed by atoms with van der Waals surface area (Å²) in [7, 11) is 0. The van der Waals surface area contributed by atoms with Crippen molar-refractivity contribution in [2.45, 2.75) is 25.7 Å². The van der Waals surface area contributed by atoms with E-state index in [0.29, 0.717) is 12.5 Å². The fourth-order valence-electron chi connectivity index (χ4n) is 2.51. The van der Waals surface area contributed by atoms with E-state index in [1.807, 2.05) is 6.07 Å². The molecule has 1 heterocycles. The zero-order chi connectivity index (χ0) is 11.5. The lowest BCUT2D eigenvalue weighted by atomic mass is 9.96. The monoisotopic (exact) mass is 222 g/mol. The summed E-state index contributed by atoms with van der Waals surface area (Å²) < 4.78 is 13.2. The molecule has 3 heteroatoms. The highest BCUT2D eigenvalue weighted by Gasteiger charge is 2.27. The van der Waals surface area contributed by atoms with Crippen molar-refractivity contribution >= 4 is 5.69 Å². The lowest BCUT2D eigenvalue weighted by molar-refractivity contribution is 0.601. The van der Waals surface area contributed by atoms with Gasteiger partial charge in [0.15, 0.2) is 0 Å². The highest BCUT2D eigenvalue weighted by Crippen LogP contribution is 2.38. The number of benzene rings is 1. The number of nitrogens with two attached hydrogens (primary N) is 1. The fourth-order valence-corrected chi connectivity index (χ4v) is 2.51. The van der Waals surface area contributed by atoms with E-state index in [1.165, 1.54) is 5.69 Å². The first kappa shape index (κ1) is 11.4. The van der Waals surface area contributed by atoms with Crippen LogP contribution in [0, 0.1) is 5.82 Å². The Labute approximate surface area is 96.2 Å². The van der Waals surface area contributed by atoms with Crippen LogP contribution in [0.5, 0.6) is 0 Å². The van der Waals surface area contributed by atoms with Gasteiger partial charge in [0.2, 0.25) is 0 Å². The molecule has 1 aliphatic rings. The Kier molecular flexibility index (Phi) is 3.44. The molecule has 1 aromatic carbocycles. The highest BCUT2D eigenvalue weighted by atomic mass is 19.1. The number of rotatable bonds is 4. The largest absolute Gasteiger partial charge is 0.371 e. The minimum Gasteiger partial charge on any atom is -0.371 e. The predicted octanol–water partition coefficient (Wildman–Crippen LogP) is 2.49. The molecule has 2 N–H and O–H groups in total. The molecule has 0 aliphatic carbocycles. The van der Waals surface area contributed by atoms with Crippen LogP contribution in [0.3, 0.4) is 0 Å². The molecule has 0 radical (unpaired) electrons. The van der Waals surface area contributed by atoms with E-state index in [0.717, 1.165) is 31.5 Å². The number of halogens is 1. The molecule has 1 aromatic rings. The van der Waals surface area contributed by atoms with E-state index in [2.05, 4.69) is 11.8 Å². The molecule has 0 aromatic heterocycles. The quantitative estimate of drug-likeness (QED) is 0.848. The van der Waals surface area contributed by atoms with Crippen LogP contribution >= 0.6 is 0 Å². The van der Waals surface area contributed by atoms with Crippen LogP contribution in [0.4, 0.5) is 10.1 Å². The first-order valence-corrected chi connectivity index (χ1v) is 6.00. The molecular formula is C13H19FN2. The van der Waals surface area contributed by atoms with Crippen molar-refractivity contribution in [1.29, 1.82) is 0 Å². The number of hydrogen-bond acceptors (Lipinski definition) is 2. The van der Waals surface area contributed by atoms with Crippen LogP contribution in [0.2, 0.25) is 0 Å². The van der Waals surface area contributed by atoms with E-state index in [9.17, 15) is 4.39 Å². The molecule has 0 amide bonds. The summed E-state index contributed by atoms with van der Waals surface area (Å²) >= 11 is 0. The van der Waals surface area contributed by atoms with Gasteiger partial charge in [-0.3, -0.25) is 0 Å². The Bertz CT molecular complexity index is 365. The van der Waals surface area contributed by atoms with Crippen molar-refractivity contribution < 1.29 is 4.39 Å². The summed E-state index contributed by atoms with van der Waals surface area (Å²) in [6.07, 6.45) is 2.07. The van der Waals surface area contributed by atoms with Gasteiger partial charge < -0.3 is 10.6 Å². The van der Waals surface area contributed by atoms with E-state index < -0.39 is 0 Å². The summed E-state index contributed by atoms with van der Waals surface area (Å²) in [6.45, 7) is 4.85. The predicted molar refractivity (Wildman–Crippen MR) is 65.3 cm³/mol. The molecule has 0 saturated carbocycles. The van der Waals surface area contributed by atoms with Gasteiger partial charge in [-0.05, 0) is 50.1 Å². The zero-order valence-corrected chi connectivity index (χ0v) is 9.75. The van der Waals surface area contributed by atoms with Gasteiger partial charge in [0.1, 0.15) is 5.82 Å². The van der Waals surface area contributed by atoms with E-state index in [-0.39, 0.29) is 5.82 Å². The van der Waals surface area contributed by atoms with Crippen molar-refractivity contribution in [1.82, 2.24) is 0 Å². The van der Waals surface area contributed by atoms with Gasteiger partial charge in [-0.25, -0.2) is 4.39 Å². The van der Waals surface area contributed by atoms with Crippen LogP contribution in [-0.2, 0) is 0 Å². The van der Waals surface area contributed by atoms with Crippen LogP contribution in [-0.4, -0.2) is 19.6 Å². The van der Waals surface area contributed by atoms with Crippen LogP contribution in [0.15, 0.2) is 18.2 Å². The van der Waals surface area contributed by atoms with Gasteiger partial charge in [-0.15, -0.1) is 0 Å². The minimum atomic E-state index is -0.130. The number of hydrogen-bond donors (Lipinski definition) is 1. The Morgan fingerprint density at radius 3 is 3.00 bits per heavy atom. The second-order valence-corrected chi connectivity index (χ2v) is 4.37. The Morgan fingerprint density at radius 2 is 2.31 bits per heavy atom. The van der Waals surface area contributed by atoms with Gasteiger partial charge in [0.05, 0.1) is 0 Å². The third-order valence-corrected chi connectivity index (χ3v) is 3.35. The highest BCUT2D eigenvalue weighted by molar-refractivity contribution is 5.60. The third kappa shape index (κ3) is 2.05. The molecule has 1 aliphatic heterocycles. The summed E-state index contributed by atoms with van der Waals surface area (Å²) in [6, 6.07) is 5.13. The number of nitrogens with zero attached hydrogens (tertiary/aromatic N) is 1. The average molecular weight is 222 g/mol. The van der Waals surface area contributed by atoms with Crippen LogP contribution in [0.25, 0.3) is 0 Å². The molecular weight excluding hydrogens is 203 g/mol. The zero-order valence-electron chi connectivity index (χ0n) is 9.75. The number of likely N-dealkylation sites (N-methyl/N-ethyl adjacent to an activating group) is 1. The molecule has 88 valence electrons. The van der Waals surface area contributed by atoms with Crippen LogP contribution < -0.4 is 10.6 Å². The van der Waals surface area contributed by atoms with Crippen molar-refractivity contribution in [3.05, 3.63) is 29.6 Å². The van der Waals surface area contributed by atoms with E-state index in [1.54, 1.807) is 12.1 Å². The third-order valence-electron chi connectivity index (χ3n) is 3.35. The second kappa shape index (κ2) is 4.83. The molecule has 1 atom stereocenters. The lowest BCUT2D eigenvalue weighted by Crippen LogP contribution is -2.21. The van der Waals surface area contributed by atoms with E-state index >= 15 is 0 Å². The summed E-state index contributed by atoms with van der Waals surface area (Å²) in [5.41, 5.74) is 7.90. The summed E-state index contributed by atoms with van der Waals surface area (Å²) in [5, 5.41) is 0. The maximum atomic E-state index is 13.2. The molecule has 16 heavy (non-hydrogen) atoms. The Hall–Kier alpha value is -1.09. The lowest BCUT2D eigenvalue weighted by Gasteiger charge is -2.16. The van der Waals surface area contributed by atoms with Gasteiger partial charge in [-0.2, -0.15) is 0 Å². The summed E-state index contributed by atoms with van der Waals surface area (Å²) in [5.74, 6) is 0.323. The maximum Gasteiger partial charge on any atom is 0.123 e. The van der Waals surface area contributed by atoms with Crippen LogP contribution in [0.1, 0.15) is 31.2 Å². The van der Waals surface area contributed by atoms with Crippen molar-refractivity contribution in [3.8, 4) is 0 Å². The first-order valence-electron chi connectivity index (χ1n) is 6.00. The normalized spacial score (nSPS) is 18.9. The second-order valence-electron chi connectivity index (χ2n) is 4.37. The maximum absolute atomic E-state index is 13.2. The molecule has 1 unspecified atom stereocenters. The Balaban J connectivity index is 2.24. The van der Waals surface area contributed by atoms with Gasteiger partial charge in [-0.1, -0.05) is 0 Å². The molecule has 2 nitrogen and oxygen atoms in total. The number of anilines is 1. The van der Waals surface area contributed by atoms with Crippen molar-refractivity contribution in [2.75, 3.05) is 24.5 Å². The SMILES string of the molecule is CCN1CC(CCCN)c2cc(F)ccc21. The van der Waals surface area contributed by atoms with Crippen molar-refractivity contribution in [3.63, 3.8) is 0 Å². The number of fused-ring (bicyclic) bond motifs is 1. The molecule has 0 bridgehead atoms. The van der Waals surface area contributed by atoms with Gasteiger partial charge in [0, 0.05) is 24.7 Å². The average Bonchev–Trinajstić information content (AvgIpc) is 2.64. The van der Waals surface area contributed by atoms with Crippen molar-refractivity contribution in [2.24, 2.45) is 5.73 Å². The molecule has 0 fully saturated rings. The van der Waals surface area contributed by atoms with Gasteiger partial charge >= 0.3 is 0 Å². The minimum absolute atomic E-state index is 0.130. The summed E-state index contributed by atoms with van der Waals surface area (Å²) in [4.78, 5) is 2.32. The van der Waals surface area contributed by atoms with Gasteiger partial charge in [0.25, 0.3) is 0 Å². The smallest absolute Gasteiger partial charge is 0.123 e.